The van der Waals surface area contributed by atoms with Crippen LogP contribution >= 0.6 is 0 Å². The molecule has 2 aliphatic rings. The van der Waals surface area contributed by atoms with Crippen LogP contribution in [0, 0.1) is 5.82 Å². The number of nitrogens with one attached hydrogen (secondary N) is 1. The van der Waals surface area contributed by atoms with Gasteiger partial charge in [0.1, 0.15) is 23.0 Å². The van der Waals surface area contributed by atoms with E-state index in [0.717, 1.165) is 6.07 Å². The van der Waals surface area contributed by atoms with Gasteiger partial charge in [-0.3, -0.25) is 19.0 Å². The number of benzene rings is 1. The maximum atomic E-state index is 13.8. The van der Waals surface area contributed by atoms with Crippen molar-refractivity contribution in [1.82, 2.24) is 19.8 Å². The second kappa shape index (κ2) is 10.0. The summed E-state index contributed by atoms with van der Waals surface area (Å²) in [4.78, 5) is 43.6. The van der Waals surface area contributed by atoms with E-state index in [1.807, 2.05) is 0 Å². The minimum absolute atomic E-state index is 0.0872. The lowest BCUT2D eigenvalue weighted by Crippen LogP contribution is -2.43. The van der Waals surface area contributed by atoms with Crippen molar-refractivity contribution in [1.29, 1.82) is 0 Å². The molecule has 1 aromatic heterocycles. The summed E-state index contributed by atoms with van der Waals surface area (Å²) in [6.45, 7) is 5.27. The number of amides is 2. The Morgan fingerprint density at radius 2 is 1.97 bits per heavy atom. The Labute approximate surface area is 200 Å². The van der Waals surface area contributed by atoms with Crippen LogP contribution < -0.4 is 15.6 Å². The summed E-state index contributed by atoms with van der Waals surface area (Å²) in [6, 6.07) is 3.73. The number of aromatic nitrogens is 2. The van der Waals surface area contributed by atoms with Crippen molar-refractivity contribution >= 4 is 11.8 Å². The summed E-state index contributed by atoms with van der Waals surface area (Å²) >= 11 is 0. The molecule has 11 nitrogen and oxygen atoms in total. The predicted octanol–water partition coefficient (Wildman–Crippen LogP) is 0.521. The standard InChI is InChI=1S/C23H27FN4O7/c1-23(2)22-26-18(19(30)21(32)28(22)7-10-35-23)20(31)25-12-14-3-4-15(24)11-16(14)34-13-17(29)27-5-8-33-9-6-27/h3-4,11,30H,5-10,12-13H2,1-2H3,(H,25,31). The predicted molar refractivity (Wildman–Crippen MR) is 120 cm³/mol. The molecule has 0 bridgehead atoms. The molecular formula is C23H27FN4O7. The fraction of sp³-hybridized carbons (Fsp3) is 0.478. The topological polar surface area (TPSA) is 132 Å². The highest BCUT2D eigenvalue weighted by molar-refractivity contribution is 5.94. The third-order valence-corrected chi connectivity index (χ3v) is 5.86. The van der Waals surface area contributed by atoms with Crippen LogP contribution in [0.2, 0.25) is 0 Å². The van der Waals surface area contributed by atoms with Crippen LogP contribution in [-0.4, -0.2) is 70.9 Å². The van der Waals surface area contributed by atoms with Crippen LogP contribution in [0.25, 0.3) is 0 Å². The SMILES string of the molecule is CC1(C)OCCn2c1nc(C(=O)NCc1ccc(F)cc1OCC(=O)N1CCOCC1)c(O)c2=O. The van der Waals surface area contributed by atoms with Gasteiger partial charge in [0, 0.05) is 31.3 Å². The molecule has 1 aromatic carbocycles. The molecule has 0 unspecified atom stereocenters. The number of hydrogen-bond acceptors (Lipinski definition) is 8. The Balaban J connectivity index is 1.48. The molecule has 12 heteroatoms. The Bertz CT molecular complexity index is 1190. The molecule has 2 amide bonds. The normalized spacial score (nSPS) is 16.9. The lowest BCUT2D eigenvalue weighted by molar-refractivity contribution is -0.137. The van der Waals surface area contributed by atoms with Crippen molar-refractivity contribution in [3.63, 3.8) is 0 Å². The summed E-state index contributed by atoms with van der Waals surface area (Å²) in [5.41, 5.74) is -1.70. The van der Waals surface area contributed by atoms with Crippen molar-refractivity contribution in [2.45, 2.75) is 32.5 Å². The summed E-state index contributed by atoms with van der Waals surface area (Å²) in [7, 11) is 0. The fourth-order valence-electron chi connectivity index (χ4n) is 3.94. The molecule has 35 heavy (non-hydrogen) atoms. The maximum Gasteiger partial charge on any atom is 0.296 e. The Kier molecular flexibility index (Phi) is 7.03. The van der Waals surface area contributed by atoms with Gasteiger partial charge in [0.2, 0.25) is 5.75 Å². The number of rotatable bonds is 6. The molecule has 0 atom stereocenters. The highest BCUT2D eigenvalue weighted by Crippen LogP contribution is 2.27. The molecule has 2 aliphatic heterocycles. The number of morpholine rings is 1. The van der Waals surface area contributed by atoms with Crippen LogP contribution in [0.1, 0.15) is 35.7 Å². The monoisotopic (exact) mass is 490 g/mol. The van der Waals surface area contributed by atoms with E-state index < -0.39 is 34.3 Å². The third kappa shape index (κ3) is 5.28. The van der Waals surface area contributed by atoms with Crippen LogP contribution in [0.15, 0.2) is 23.0 Å². The molecule has 2 aromatic rings. The van der Waals surface area contributed by atoms with Gasteiger partial charge < -0.3 is 29.5 Å². The average molecular weight is 490 g/mol. The smallest absolute Gasteiger partial charge is 0.296 e. The van der Waals surface area contributed by atoms with E-state index in [4.69, 9.17) is 14.2 Å². The first kappa shape index (κ1) is 24.6. The van der Waals surface area contributed by atoms with Gasteiger partial charge in [-0.25, -0.2) is 9.37 Å². The van der Waals surface area contributed by atoms with E-state index in [-0.39, 0.29) is 43.8 Å². The number of halogens is 1. The number of fused-ring (bicyclic) bond motifs is 1. The minimum atomic E-state index is -0.925. The highest BCUT2D eigenvalue weighted by Gasteiger charge is 2.34. The van der Waals surface area contributed by atoms with E-state index in [9.17, 15) is 23.9 Å². The molecule has 1 fully saturated rings. The number of carbonyl (C=O) groups excluding carboxylic acids is 2. The van der Waals surface area contributed by atoms with Crippen LogP contribution in [-0.2, 0) is 33.0 Å². The Morgan fingerprint density at radius 3 is 2.71 bits per heavy atom. The lowest BCUT2D eigenvalue weighted by atomic mass is 10.1. The molecule has 2 N–H and O–H groups in total. The zero-order valence-corrected chi connectivity index (χ0v) is 19.5. The minimum Gasteiger partial charge on any atom is -0.501 e. The van der Waals surface area contributed by atoms with Crippen molar-refractivity contribution in [3.8, 4) is 11.5 Å². The van der Waals surface area contributed by atoms with Crippen LogP contribution in [0.3, 0.4) is 0 Å². The molecule has 188 valence electrons. The third-order valence-electron chi connectivity index (χ3n) is 5.86. The van der Waals surface area contributed by atoms with Crippen LogP contribution in [0.4, 0.5) is 4.39 Å². The quantitative estimate of drug-likeness (QED) is 0.599. The highest BCUT2D eigenvalue weighted by atomic mass is 19.1. The Hall–Kier alpha value is -3.51. The number of carbonyl (C=O) groups is 2. The number of hydrogen-bond donors (Lipinski definition) is 2. The number of ether oxygens (including phenoxy) is 3. The van der Waals surface area contributed by atoms with Crippen molar-refractivity contribution in [2.75, 3.05) is 39.5 Å². The molecule has 0 aliphatic carbocycles. The first-order valence-corrected chi connectivity index (χ1v) is 11.2. The number of nitrogens with zero attached hydrogens (tertiary/aromatic N) is 3. The van der Waals surface area contributed by atoms with E-state index in [1.54, 1.807) is 18.7 Å². The largest absolute Gasteiger partial charge is 0.501 e. The van der Waals surface area contributed by atoms with E-state index in [2.05, 4.69) is 10.3 Å². The van der Waals surface area contributed by atoms with E-state index >= 15 is 0 Å². The second-order valence-electron chi connectivity index (χ2n) is 8.66. The van der Waals surface area contributed by atoms with Crippen molar-refractivity contribution in [3.05, 3.63) is 51.5 Å². The van der Waals surface area contributed by atoms with Crippen molar-refractivity contribution in [2.24, 2.45) is 0 Å². The van der Waals surface area contributed by atoms with Gasteiger partial charge in [-0.15, -0.1) is 0 Å². The molecule has 0 spiro atoms. The van der Waals surface area contributed by atoms with E-state index in [0.29, 0.717) is 31.9 Å². The van der Waals surface area contributed by atoms with Gasteiger partial charge in [-0.2, -0.15) is 0 Å². The molecule has 3 heterocycles. The van der Waals surface area contributed by atoms with Gasteiger partial charge in [0.05, 0.1) is 26.4 Å². The zero-order chi connectivity index (χ0) is 25.2. The zero-order valence-electron chi connectivity index (χ0n) is 19.5. The van der Waals surface area contributed by atoms with Gasteiger partial charge in [0.25, 0.3) is 17.4 Å². The van der Waals surface area contributed by atoms with Crippen molar-refractivity contribution < 1.29 is 33.3 Å². The summed E-state index contributed by atoms with van der Waals surface area (Å²) in [5, 5.41) is 12.9. The average Bonchev–Trinajstić information content (AvgIpc) is 2.84. The van der Waals surface area contributed by atoms with Gasteiger partial charge in [-0.05, 0) is 19.9 Å². The second-order valence-corrected chi connectivity index (χ2v) is 8.66. The first-order chi connectivity index (χ1) is 16.7. The molecular weight excluding hydrogens is 463 g/mol. The van der Waals surface area contributed by atoms with Crippen LogP contribution in [0.5, 0.6) is 11.5 Å². The van der Waals surface area contributed by atoms with E-state index in [1.165, 1.54) is 16.7 Å². The molecule has 0 saturated carbocycles. The maximum absolute atomic E-state index is 13.8. The summed E-state index contributed by atoms with van der Waals surface area (Å²) < 4.78 is 31.6. The first-order valence-electron chi connectivity index (χ1n) is 11.2. The van der Waals surface area contributed by atoms with Gasteiger partial charge in [-0.1, -0.05) is 6.07 Å². The lowest BCUT2D eigenvalue weighted by Gasteiger charge is -2.32. The molecule has 1 saturated heterocycles. The van der Waals surface area contributed by atoms with Gasteiger partial charge >= 0.3 is 0 Å². The summed E-state index contributed by atoms with van der Waals surface area (Å²) in [5.74, 6) is -2.09. The van der Waals surface area contributed by atoms with Gasteiger partial charge in [0.15, 0.2) is 12.3 Å². The Morgan fingerprint density at radius 1 is 1.23 bits per heavy atom. The summed E-state index contributed by atoms with van der Waals surface area (Å²) in [6.07, 6.45) is 0. The fourth-order valence-corrected chi connectivity index (χ4v) is 3.94. The number of aromatic hydroxyl groups is 1. The molecule has 4 rings (SSSR count). The molecule has 0 radical (unpaired) electrons.